The minimum absolute atomic E-state index is 1.06. The first-order valence-electron chi connectivity index (χ1n) is 6.70. The summed E-state index contributed by atoms with van der Waals surface area (Å²) in [5.74, 6) is 0. The van der Waals surface area contributed by atoms with E-state index in [0.29, 0.717) is 0 Å². The molecule has 0 aliphatic carbocycles. The van der Waals surface area contributed by atoms with Gasteiger partial charge in [0.25, 0.3) is 0 Å². The molecule has 0 aliphatic rings. The maximum Gasteiger partial charge on any atom is 0.0370 e. The van der Waals surface area contributed by atoms with Gasteiger partial charge in [-0.2, -0.15) is 0 Å². The van der Waals surface area contributed by atoms with Crippen LogP contribution in [-0.2, 0) is 0 Å². The Morgan fingerprint density at radius 2 is 1.82 bits per heavy atom. The molecule has 1 N–H and O–H groups in total. The average Bonchev–Trinajstić information content (AvgIpc) is 2.32. The van der Waals surface area contributed by atoms with E-state index >= 15 is 0 Å². The summed E-state index contributed by atoms with van der Waals surface area (Å²) in [6, 6.07) is 6.58. The molecule has 0 heterocycles. The van der Waals surface area contributed by atoms with Gasteiger partial charge in [0.2, 0.25) is 0 Å². The third-order valence-corrected chi connectivity index (χ3v) is 3.24. The number of nitrogens with one attached hydrogen (secondary N) is 1. The molecule has 2 nitrogen and oxygen atoms in total. The van der Waals surface area contributed by atoms with Crippen molar-refractivity contribution in [2.24, 2.45) is 0 Å². The summed E-state index contributed by atoms with van der Waals surface area (Å²) in [5.41, 5.74) is 3.94. The summed E-state index contributed by atoms with van der Waals surface area (Å²) in [7, 11) is 0. The van der Waals surface area contributed by atoms with E-state index in [2.05, 4.69) is 56.1 Å². The van der Waals surface area contributed by atoms with E-state index < -0.39 is 0 Å². The van der Waals surface area contributed by atoms with Crippen LogP contribution in [0.1, 0.15) is 31.4 Å². The number of aryl methyl sites for hydroxylation is 2. The number of rotatable bonds is 7. The van der Waals surface area contributed by atoms with Gasteiger partial charge in [-0.25, -0.2) is 0 Å². The molecule has 0 atom stereocenters. The van der Waals surface area contributed by atoms with Gasteiger partial charge in [0.1, 0.15) is 0 Å². The highest BCUT2D eigenvalue weighted by Crippen LogP contribution is 2.15. The molecule has 2 heteroatoms. The Morgan fingerprint density at radius 3 is 2.41 bits per heavy atom. The summed E-state index contributed by atoms with van der Waals surface area (Å²) in [6.07, 6.45) is 1.20. The maximum atomic E-state index is 3.52. The standard InChI is InChI=1S/C15H26N2/c1-5-17(6-2)11-7-10-16-15-9-8-13(3)12-14(15)4/h8-9,12,16H,5-7,10-11H2,1-4H3. The Labute approximate surface area is 106 Å². The van der Waals surface area contributed by atoms with Crippen molar-refractivity contribution in [1.29, 1.82) is 0 Å². The number of nitrogens with zero attached hydrogens (tertiary/aromatic N) is 1. The fourth-order valence-corrected chi connectivity index (χ4v) is 2.08. The van der Waals surface area contributed by atoms with Gasteiger partial charge in [-0.1, -0.05) is 31.5 Å². The molecule has 17 heavy (non-hydrogen) atoms. The van der Waals surface area contributed by atoms with E-state index in [9.17, 15) is 0 Å². The highest BCUT2D eigenvalue weighted by atomic mass is 15.1. The van der Waals surface area contributed by atoms with Gasteiger partial charge in [-0.05, 0) is 51.5 Å². The Balaban J connectivity index is 2.31. The van der Waals surface area contributed by atoms with Crippen LogP contribution < -0.4 is 5.32 Å². The summed E-state index contributed by atoms with van der Waals surface area (Å²) < 4.78 is 0. The van der Waals surface area contributed by atoms with E-state index in [1.807, 2.05) is 0 Å². The molecule has 0 amide bonds. The molecule has 1 aromatic carbocycles. The minimum atomic E-state index is 1.06. The molecule has 0 saturated carbocycles. The topological polar surface area (TPSA) is 15.3 Å². The monoisotopic (exact) mass is 234 g/mol. The van der Waals surface area contributed by atoms with Crippen LogP contribution in [0.3, 0.4) is 0 Å². The average molecular weight is 234 g/mol. The predicted molar refractivity (Wildman–Crippen MR) is 76.8 cm³/mol. The van der Waals surface area contributed by atoms with Crippen LogP contribution in [0.2, 0.25) is 0 Å². The third-order valence-electron chi connectivity index (χ3n) is 3.24. The zero-order chi connectivity index (χ0) is 12.7. The lowest BCUT2D eigenvalue weighted by molar-refractivity contribution is 0.303. The minimum Gasteiger partial charge on any atom is -0.385 e. The summed E-state index contributed by atoms with van der Waals surface area (Å²) >= 11 is 0. The molecule has 0 bridgehead atoms. The second kappa shape index (κ2) is 7.33. The van der Waals surface area contributed by atoms with Crippen molar-refractivity contribution in [3.63, 3.8) is 0 Å². The van der Waals surface area contributed by atoms with Crippen LogP contribution in [0.25, 0.3) is 0 Å². The van der Waals surface area contributed by atoms with Crippen molar-refractivity contribution >= 4 is 5.69 Å². The molecular weight excluding hydrogens is 208 g/mol. The predicted octanol–water partition coefficient (Wildman–Crippen LogP) is 3.45. The molecule has 96 valence electrons. The molecule has 0 unspecified atom stereocenters. The van der Waals surface area contributed by atoms with Crippen LogP contribution >= 0.6 is 0 Å². The fourth-order valence-electron chi connectivity index (χ4n) is 2.08. The Kier molecular flexibility index (Phi) is 6.06. The van der Waals surface area contributed by atoms with Crippen LogP contribution in [0.5, 0.6) is 0 Å². The fraction of sp³-hybridized carbons (Fsp3) is 0.600. The largest absolute Gasteiger partial charge is 0.385 e. The Morgan fingerprint density at radius 1 is 1.12 bits per heavy atom. The molecule has 0 aromatic heterocycles. The van der Waals surface area contributed by atoms with Crippen molar-refractivity contribution in [3.8, 4) is 0 Å². The molecular formula is C15H26N2. The van der Waals surface area contributed by atoms with Gasteiger partial charge in [-0.15, -0.1) is 0 Å². The number of anilines is 1. The van der Waals surface area contributed by atoms with Gasteiger partial charge in [-0.3, -0.25) is 0 Å². The lowest BCUT2D eigenvalue weighted by Gasteiger charge is -2.18. The SMILES string of the molecule is CCN(CC)CCCNc1ccc(C)cc1C. The van der Waals surface area contributed by atoms with Crippen LogP contribution in [0.4, 0.5) is 5.69 Å². The van der Waals surface area contributed by atoms with Gasteiger partial charge in [0.15, 0.2) is 0 Å². The second-order valence-electron chi connectivity index (χ2n) is 4.63. The normalized spacial score (nSPS) is 10.9. The molecule has 0 aliphatic heterocycles. The summed E-state index contributed by atoms with van der Waals surface area (Å²) in [6.45, 7) is 13.3. The van der Waals surface area contributed by atoms with Gasteiger partial charge in [0.05, 0.1) is 0 Å². The lowest BCUT2D eigenvalue weighted by Crippen LogP contribution is -2.25. The van der Waals surface area contributed by atoms with Crippen molar-refractivity contribution in [2.75, 3.05) is 31.5 Å². The highest BCUT2D eigenvalue weighted by molar-refractivity contribution is 5.51. The number of benzene rings is 1. The van der Waals surface area contributed by atoms with Crippen molar-refractivity contribution in [3.05, 3.63) is 29.3 Å². The van der Waals surface area contributed by atoms with Crippen LogP contribution in [-0.4, -0.2) is 31.1 Å². The Hall–Kier alpha value is -1.02. The number of hydrogen-bond donors (Lipinski definition) is 1. The van der Waals surface area contributed by atoms with E-state index in [1.54, 1.807) is 0 Å². The van der Waals surface area contributed by atoms with Gasteiger partial charge < -0.3 is 10.2 Å². The van der Waals surface area contributed by atoms with E-state index in [4.69, 9.17) is 0 Å². The first-order valence-corrected chi connectivity index (χ1v) is 6.70. The van der Waals surface area contributed by atoms with Crippen molar-refractivity contribution in [1.82, 2.24) is 4.90 Å². The van der Waals surface area contributed by atoms with Gasteiger partial charge >= 0.3 is 0 Å². The first-order chi connectivity index (χ1) is 8.17. The molecule has 0 radical (unpaired) electrons. The molecule has 1 aromatic rings. The van der Waals surface area contributed by atoms with Crippen LogP contribution in [0.15, 0.2) is 18.2 Å². The molecule has 0 spiro atoms. The van der Waals surface area contributed by atoms with Gasteiger partial charge in [0, 0.05) is 12.2 Å². The molecule has 0 saturated heterocycles. The maximum absolute atomic E-state index is 3.52. The van der Waals surface area contributed by atoms with Crippen molar-refractivity contribution in [2.45, 2.75) is 34.1 Å². The lowest BCUT2D eigenvalue weighted by atomic mass is 10.1. The van der Waals surface area contributed by atoms with E-state index in [-0.39, 0.29) is 0 Å². The smallest absolute Gasteiger partial charge is 0.0370 e. The number of hydrogen-bond acceptors (Lipinski definition) is 2. The summed E-state index contributed by atoms with van der Waals surface area (Å²) in [4.78, 5) is 2.46. The zero-order valence-corrected chi connectivity index (χ0v) is 11.7. The van der Waals surface area contributed by atoms with Crippen molar-refractivity contribution < 1.29 is 0 Å². The molecule has 0 fully saturated rings. The second-order valence-corrected chi connectivity index (χ2v) is 4.63. The zero-order valence-electron chi connectivity index (χ0n) is 11.7. The summed E-state index contributed by atoms with van der Waals surface area (Å²) in [5, 5.41) is 3.52. The van der Waals surface area contributed by atoms with E-state index in [0.717, 1.165) is 19.6 Å². The molecule has 1 rings (SSSR count). The van der Waals surface area contributed by atoms with Crippen LogP contribution in [0, 0.1) is 13.8 Å². The Bertz CT molecular complexity index is 330. The first kappa shape index (κ1) is 14.0. The highest BCUT2D eigenvalue weighted by Gasteiger charge is 2.00. The third kappa shape index (κ3) is 4.78. The van der Waals surface area contributed by atoms with E-state index in [1.165, 1.54) is 29.8 Å². The quantitative estimate of drug-likeness (QED) is 0.727.